The molecule has 0 fully saturated rings. The van der Waals surface area contributed by atoms with Gasteiger partial charge in [0.15, 0.2) is 5.96 Å². The fourth-order valence-electron chi connectivity index (χ4n) is 3.23. The molecule has 13 nitrogen and oxygen atoms in total. The molecule has 0 aliphatic rings. The molecule has 11 N–H and O–H groups in total. The second-order valence-corrected chi connectivity index (χ2v) is 7.57. The Morgan fingerprint density at radius 1 is 1.06 bits per heavy atom. The number of nitrogens with one attached hydrogen (secondary N) is 4. The molecule has 13 heteroatoms. The lowest BCUT2D eigenvalue weighted by Gasteiger charge is -2.18. The third kappa shape index (κ3) is 8.43. The standard InChI is InChI=1S/C21H30N8O5/c22-14(8-12-9-26-15-5-2-1-4-13(12)15)19(33)27-10-17(30)29-16(6-3-7-25-21(23)24)20(34)28-11-18(31)32/h1-2,4-5,9,14,16,26H,3,6-8,10-11,22H2,(H,27,33)(H,28,34)(H,29,30)(H,31,32)(H4,23,24,25). The molecule has 0 aliphatic carbocycles. The number of H-pyrrole nitrogens is 1. The van der Waals surface area contributed by atoms with Gasteiger partial charge in [-0.25, -0.2) is 0 Å². The fourth-order valence-corrected chi connectivity index (χ4v) is 3.23. The first-order chi connectivity index (χ1) is 16.2. The van der Waals surface area contributed by atoms with E-state index in [-0.39, 0.29) is 25.3 Å². The molecule has 0 aliphatic heterocycles. The summed E-state index contributed by atoms with van der Waals surface area (Å²) in [4.78, 5) is 54.6. The van der Waals surface area contributed by atoms with Gasteiger partial charge >= 0.3 is 5.97 Å². The quantitative estimate of drug-likeness (QED) is 0.0907. The summed E-state index contributed by atoms with van der Waals surface area (Å²) < 4.78 is 0. The summed E-state index contributed by atoms with van der Waals surface area (Å²) in [6, 6.07) is 5.69. The molecule has 0 saturated carbocycles. The monoisotopic (exact) mass is 474 g/mol. The topological polar surface area (TPSA) is 231 Å². The van der Waals surface area contributed by atoms with Crippen LogP contribution in [0.5, 0.6) is 0 Å². The van der Waals surface area contributed by atoms with E-state index in [1.807, 2.05) is 24.3 Å². The Bertz CT molecular complexity index is 1050. The third-order valence-corrected chi connectivity index (χ3v) is 4.89. The van der Waals surface area contributed by atoms with Crippen molar-refractivity contribution in [2.24, 2.45) is 22.2 Å². The molecule has 0 bridgehead atoms. The van der Waals surface area contributed by atoms with E-state index in [0.717, 1.165) is 16.5 Å². The van der Waals surface area contributed by atoms with E-state index in [9.17, 15) is 19.2 Å². The average Bonchev–Trinajstić information content (AvgIpc) is 3.20. The first-order valence-electron chi connectivity index (χ1n) is 10.6. The van der Waals surface area contributed by atoms with Crippen molar-refractivity contribution in [1.82, 2.24) is 20.9 Å². The summed E-state index contributed by atoms with van der Waals surface area (Å²) in [6.07, 6.45) is 2.56. The Kier molecular flexibility index (Phi) is 9.83. The molecule has 34 heavy (non-hydrogen) atoms. The highest BCUT2D eigenvalue weighted by molar-refractivity contribution is 5.92. The van der Waals surface area contributed by atoms with E-state index in [1.165, 1.54) is 0 Å². The number of aromatic nitrogens is 1. The zero-order valence-electron chi connectivity index (χ0n) is 18.5. The number of carboxylic acids is 1. The van der Waals surface area contributed by atoms with Gasteiger partial charge in [-0.2, -0.15) is 0 Å². The lowest BCUT2D eigenvalue weighted by molar-refractivity contribution is -0.138. The zero-order valence-corrected chi connectivity index (χ0v) is 18.5. The number of fused-ring (bicyclic) bond motifs is 1. The SMILES string of the molecule is NC(N)=NCCCC(NC(=O)CNC(=O)C(N)Cc1c[nH]c2ccccc12)C(=O)NCC(=O)O. The number of aliphatic imine (C=N–C) groups is 1. The number of carbonyl (C=O) groups is 4. The van der Waals surface area contributed by atoms with E-state index >= 15 is 0 Å². The molecule has 0 radical (unpaired) electrons. The third-order valence-electron chi connectivity index (χ3n) is 4.89. The number of carboxylic acid groups (broad SMARTS) is 1. The maximum absolute atomic E-state index is 12.4. The summed E-state index contributed by atoms with van der Waals surface area (Å²) in [5.41, 5.74) is 18.3. The molecule has 1 aromatic carbocycles. The van der Waals surface area contributed by atoms with Gasteiger partial charge in [-0.05, 0) is 30.9 Å². The summed E-state index contributed by atoms with van der Waals surface area (Å²) >= 11 is 0. The summed E-state index contributed by atoms with van der Waals surface area (Å²) in [5, 5.41) is 16.8. The first kappa shape index (κ1) is 26.1. The molecule has 0 saturated heterocycles. The van der Waals surface area contributed by atoms with Crippen LogP contribution in [0.3, 0.4) is 0 Å². The van der Waals surface area contributed by atoms with E-state index in [0.29, 0.717) is 6.42 Å². The van der Waals surface area contributed by atoms with E-state index < -0.39 is 48.9 Å². The number of aliphatic carboxylic acids is 1. The van der Waals surface area contributed by atoms with Crippen LogP contribution in [0, 0.1) is 0 Å². The normalized spacial score (nSPS) is 12.4. The van der Waals surface area contributed by atoms with Crippen molar-refractivity contribution in [2.45, 2.75) is 31.3 Å². The van der Waals surface area contributed by atoms with Crippen LogP contribution in [-0.2, 0) is 25.6 Å². The molecule has 2 unspecified atom stereocenters. The summed E-state index contributed by atoms with van der Waals surface area (Å²) in [6.45, 7) is -0.782. The smallest absolute Gasteiger partial charge is 0.322 e. The molecule has 1 heterocycles. The lowest BCUT2D eigenvalue weighted by Crippen LogP contribution is -2.51. The number of nitrogens with zero attached hydrogens (tertiary/aromatic N) is 1. The minimum atomic E-state index is -1.23. The van der Waals surface area contributed by atoms with Gasteiger partial charge in [0.2, 0.25) is 17.7 Å². The van der Waals surface area contributed by atoms with Gasteiger partial charge in [-0.15, -0.1) is 0 Å². The van der Waals surface area contributed by atoms with Crippen LogP contribution < -0.4 is 33.2 Å². The number of benzene rings is 1. The predicted octanol–water partition coefficient (Wildman–Crippen LogP) is -2.11. The van der Waals surface area contributed by atoms with Crippen molar-refractivity contribution >= 4 is 40.6 Å². The maximum Gasteiger partial charge on any atom is 0.322 e. The Balaban J connectivity index is 1.87. The number of hydrogen-bond donors (Lipinski definition) is 8. The van der Waals surface area contributed by atoms with Crippen LogP contribution in [0.2, 0.25) is 0 Å². The van der Waals surface area contributed by atoms with Crippen LogP contribution in [0.25, 0.3) is 10.9 Å². The molecule has 2 rings (SSSR count). The highest BCUT2D eigenvalue weighted by atomic mass is 16.4. The number of amides is 3. The molecule has 184 valence electrons. The van der Waals surface area contributed by atoms with Gasteiger partial charge in [0.1, 0.15) is 12.6 Å². The fraction of sp³-hybridized carbons (Fsp3) is 0.381. The highest BCUT2D eigenvalue weighted by Gasteiger charge is 2.22. The van der Waals surface area contributed by atoms with Crippen molar-refractivity contribution in [1.29, 1.82) is 0 Å². The summed E-state index contributed by atoms with van der Waals surface area (Å²) in [5.74, 6) is -3.18. The number of rotatable bonds is 13. The van der Waals surface area contributed by atoms with Crippen LogP contribution in [0.1, 0.15) is 18.4 Å². The molecule has 2 atom stereocenters. The van der Waals surface area contributed by atoms with Gasteiger partial charge in [0, 0.05) is 23.6 Å². The number of carbonyl (C=O) groups excluding carboxylic acids is 3. The molecule has 0 spiro atoms. The van der Waals surface area contributed by atoms with Gasteiger partial charge < -0.3 is 43.2 Å². The van der Waals surface area contributed by atoms with Gasteiger partial charge in [-0.1, -0.05) is 18.2 Å². The second kappa shape index (κ2) is 12.8. The van der Waals surface area contributed by atoms with Crippen LogP contribution in [0.15, 0.2) is 35.5 Å². The van der Waals surface area contributed by atoms with E-state index in [2.05, 4.69) is 25.9 Å². The largest absolute Gasteiger partial charge is 0.480 e. The van der Waals surface area contributed by atoms with Crippen LogP contribution in [0.4, 0.5) is 0 Å². The van der Waals surface area contributed by atoms with Gasteiger partial charge in [0.05, 0.1) is 12.6 Å². The molecule has 1 aromatic heterocycles. The van der Waals surface area contributed by atoms with Crippen LogP contribution in [-0.4, -0.2) is 71.5 Å². The van der Waals surface area contributed by atoms with Crippen molar-refractivity contribution < 1.29 is 24.3 Å². The Morgan fingerprint density at radius 2 is 1.76 bits per heavy atom. The van der Waals surface area contributed by atoms with Crippen molar-refractivity contribution in [2.75, 3.05) is 19.6 Å². The predicted molar refractivity (Wildman–Crippen MR) is 125 cm³/mol. The number of guanidine groups is 1. The molecule has 3 amide bonds. The molecular weight excluding hydrogens is 444 g/mol. The number of para-hydroxylation sites is 1. The zero-order chi connectivity index (χ0) is 25.1. The van der Waals surface area contributed by atoms with Gasteiger partial charge in [-0.3, -0.25) is 24.2 Å². The van der Waals surface area contributed by atoms with Crippen LogP contribution >= 0.6 is 0 Å². The number of aromatic amines is 1. The average molecular weight is 475 g/mol. The van der Waals surface area contributed by atoms with Crippen molar-refractivity contribution in [3.8, 4) is 0 Å². The van der Waals surface area contributed by atoms with Gasteiger partial charge in [0.25, 0.3) is 0 Å². The number of hydrogen-bond acceptors (Lipinski definition) is 6. The Morgan fingerprint density at radius 3 is 2.47 bits per heavy atom. The second-order valence-electron chi connectivity index (χ2n) is 7.57. The van der Waals surface area contributed by atoms with Crippen molar-refractivity contribution in [3.63, 3.8) is 0 Å². The minimum Gasteiger partial charge on any atom is -0.480 e. The minimum absolute atomic E-state index is 0.109. The van der Waals surface area contributed by atoms with Crippen molar-refractivity contribution in [3.05, 3.63) is 36.0 Å². The Hall–Kier alpha value is -4.13. The van der Waals surface area contributed by atoms with E-state index in [1.54, 1.807) is 6.20 Å². The lowest BCUT2D eigenvalue weighted by atomic mass is 10.1. The first-order valence-corrected chi connectivity index (χ1v) is 10.6. The maximum atomic E-state index is 12.4. The summed E-state index contributed by atoms with van der Waals surface area (Å²) in [7, 11) is 0. The molecule has 2 aromatic rings. The highest BCUT2D eigenvalue weighted by Crippen LogP contribution is 2.18. The molecular formula is C21H30N8O5. The van der Waals surface area contributed by atoms with E-state index in [4.69, 9.17) is 22.3 Å². The Labute approximate surface area is 195 Å². The number of nitrogens with two attached hydrogens (primary N) is 3.